The summed E-state index contributed by atoms with van der Waals surface area (Å²) in [6.45, 7) is 0. The van der Waals surface area contributed by atoms with Crippen LogP contribution in [-0.2, 0) is 0 Å². The number of hydrogen-bond donors (Lipinski definition) is 0. The van der Waals surface area contributed by atoms with Crippen molar-refractivity contribution in [2.75, 3.05) is 0 Å². The predicted molar refractivity (Wildman–Crippen MR) is 348 cm³/mol. The summed E-state index contributed by atoms with van der Waals surface area (Å²) in [7, 11) is 0. The second-order valence-corrected chi connectivity index (χ2v) is 21.4. The van der Waals surface area contributed by atoms with Gasteiger partial charge in [-0.3, -0.25) is 0 Å². The Morgan fingerprint density at radius 3 is 1.11 bits per heavy atom. The average molecular weight is 1010 g/mol. The highest BCUT2D eigenvalue weighted by molar-refractivity contribution is 6.28. The lowest BCUT2D eigenvalue weighted by molar-refractivity contribution is 1.67. The number of rotatable bonds is 3. The first-order chi connectivity index (χ1) is 39.7. The summed E-state index contributed by atoms with van der Waals surface area (Å²) in [5.41, 5.74) is 7.73. The molecule has 0 aliphatic heterocycles. The first-order valence-electron chi connectivity index (χ1n) is 27.8. The standard InChI is InChI=1S/C32H18.2C24H16/c1-3-19-9-11-24-17-26(18-25-12-10-20(4-1)29(19)31(24)25)27-15-13-23-8-7-21-5-2-6-22-14-16-28(27)32(23)30(21)22;1-2-8-17(9-3-1)23-16-19-15-14-18-10-4-5-11-20(18)24(19)22-13-7-6-12-21(22)23;1-2-8-17(9-3-1)23-16-24-19-11-5-4-10-18(19)14-15-22(24)20-12-6-7-13-21(20)23/h1-18H;2*1-16H. The molecule has 0 saturated carbocycles. The van der Waals surface area contributed by atoms with Crippen molar-refractivity contribution in [3.63, 3.8) is 0 Å². The van der Waals surface area contributed by atoms with E-state index in [-0.39, 0.29) is 0 Å². The molecule has 0 aromatic heterocycles. The van der Waals surface area contributed by atoms with Crippen molar-refractivity contribution in [2.24, 2.45) is 0 Å². The highest BCUT2D eigenvalue weighted by Crippen LogP contribution is 2.44. The highest BCUT2D eigenvalue weighted by Gasteiger charge is 2.16. The molecule has 0 N–H and O–H groups in total. The molecule has 0 heterocycles. The quantitative estimate of drug-likeness (QED) is 0.155. The zero-order valence-electron chi connectivity index (χ0n) is 43.9. The minimum absolute atomic E-state index is 1.27. The van der Waals surface area contributed by atoms with Crippen LogP contribution in [0.25, 0.3) is 163 Å². The van der Waals surface area contributed by atoms with Gasteiger partial charge in [-0.1, -0.05) is 279 Å². The zero-order chi connectivity index (χ0) is 52.7. The first-order valence-corrected chi connectivity index (χ1v) is 27.8. The van der Waals surface area contributed by atoms with E-state index in [1.165, 1.54) is 163 Å². The van der Waals surface area contributed by atoms with Gasteiger partial charge in [-0.05, 0) is 187 Å². The molecule has 0 unspecified atom stereocenters. The summed E-state index contributed by atoms with van der Waals surface area (Å²) in [6.07, 6.45) is 0. The van der Waals surface area contributed by atoms with Crippen LogP contribution in [0.1, 0.15) is 0 Å². The van der Waals surface area contributed by atoms with Crippen LogP contribution in [0.3, 0.4) is 0 Å². The number of hydrogen-bond acceptors (Lipinski definition) is 0. The fourth-order valence-electron chi connectivity index (χ4n) is 13.3. The molecule has 0 fully saturated rings. The maximum absolute atomic E-state index is 2.38. The van der Waals surface area contributed by atoms with Crippen molar-refractivity contribution in [3.8, 4) is 33.4 Å². The van der Waals surface area contributed by atoms with Crippen LogP contribution in [0.15, 0.2) is 303 Å². The molecule has 0 heteroatoms. The topological polar surface area (TPSA) is 0 Å². The molecule has 0 aliphatic rings. The Kier molecular flexibility index (Phi) is 10.7. The Labute approximate surface area is 463 Å². The van der Waals surface area contributed by atoms with Gasteiger partial charge in [-0.2, -0.15) is 0 Å². The van der Waals surface area contributed by atoms with Gasteiger partial charge in [-0.25, -0.2) is 0 Å². The molecule has 18 aromatic carbocycles. The Balaban J connectivity index is 0.000000101. The molecule has 0 radical (unpaired) electrons. The number of benzene rings is 18. The van der Waals surface area contributed by atoms with Gasteiger partial charge in [0.15, 0.2) is 0 Å². The zero-order valence-corrected chi connectivity index (χ0v) is 43.9. The van der Waals surface area contributed by atoms with Crippen LogP contribution in [0.2, 0.25) is 0 Å². The van der Waals surface area contributed by atoms with E-state index >= 15 is 0 Å². The largest absolute Gasteiger partial charge is 0.0622 e. The van der Waals surface area contributed by atoms with Gasteiger partial charge in [0.05, 0.1) is 0 Å². The van der Waals surface area contributed by atoms with E-state index in [0.717, 1.165) is 0 Å². The summed E-state index contributed by atoms with van der Waals surface area (Å²) in [4.78, 5) is 0. The second-order valence-electron chi connectivity index (χ2n) is 21.4. The fraction of sp³-hybridized carbons (Fsp3) is 0. The molecule has 18 rings (SSSR count). The van der Waals surface area contributed by atoms with Gasteiger partial charge in [-0.15, -0.1) is 0 Å². The van der Waals surface area contributed by atoms with Gasteiger partial charge >= 0.3 is 0 Å². The third-order valence-corrected chi connectivity index (χ3v) is 17.0. The van der Waals surface area contributed by atoms with Crippen LogP contribution in [0, 0.1) is 0 Å². The highest BCUT2D eigenvalue weighted by atomic mass is 14.2. The molecule has 18 aromatic rings. The average Bonchev–Trinajstić information content (AvgIpc) is 3.69. The molecular formula is C80H50. The molecular weight excluding hydrogens is 961 g/mol. The van der Waals surface area contributed by atoms with Gasteiger partial charge in [0.25, 0.3) is 0 Å². The Morgan fingerprint density at radius 1 is 0.125 bits per heavy atom. The van der Waals surface area contributed by atoms with E-state index in [9.17, 15) is 0 Å². The third-order valence-electron chi connectivity index (χ3n) is 17.0. The van der Waals surface area contributed by atoms with Crippen molar-refractivity contribution >= 4 is 129 Å². The molecule has 0 saturated heterocycles. The lowest BCUT2D eigenvalue weighted by Crippen LogP contribution is -1.89. The van der Waals surface area contributed by atoms with Gasteiger partial charge in [0.1, 0.15) is 0 Å². The number of fused-ring (bicyclic) bond motifs is 10. The first kappa shape index (κ1) is 45.8. The predicted octanol–water partition coefficient (Wildman–Crippen LogP) is 22.8. The summed E-state index contributed by atoms with van der Waals surface area (Å²) in [5.74, 6) is 0. The SMILES string of the molecule is c1cc2ccc3cc(-c4ccc5ccc6cccc7ccc4c5c67)cc4ccc(c1)c2c34.c1ccc(-c2cc3c4ccccc4ccc3c3ccccc23)cc1.c1ccc(-c2cc3ccc4ccccc4c3c3ccccc23)cc1. The summed E-state index contributed by atoms with van der Waals surface area (Å²) in [6, 6.07) is 110. The van der Waals surface area contributed by atoms with Crippen molar-refractivity contribution in [1.29, 1.82) is 0 Å². The van der Waals surface area contributed by atoms with Crippen molar-refractivity contribution in [1.82, 2.24) is 0 Å². The summed E-state index contributed by atoms with van der Waals surface area (Å²) in [5, 5.41) is 31.8. The van der Waals surface area contributed by atoms with E-state index < -0.39 is 0 Å². The molecule has 370 valence electrons. The Morgan fingerprint density at radius 2 is 0.487 bits per heavy atom. The van der Waals surface area contributed by atoms with E-state index in [1.807, 2.05) is 0 Å². The van der Waals surface area contributed by atoms with Crippen LogP contribution < -0.4 is 0 Å². The molecule has 0 amide bonds. The maximum Gasteiger partial charge on any atom is -0.00206 e. The van der Waals surface area contributed by atoms with Gasteiger partial charge in [0.2, 0.25) is 0 Å². The van der Waals surface area contributed by atoms with Crippen molar-refractivity contribution < 1.29 is 0 Å². The minimum atomic E-state index is 1.27. The monoisotopic (exact) mass is 1010 g/mol. The fourth-order valence-corrected chi connectivity index (χ4v) is 13.3. The second kappa shape index (κ2) is 18.7. The lowest BCUT2D eigenvalue weighted by Gasteiger charge is -2.16. The van der Waals surface area contributed by atoms with Crippen LogP contribution in [0.5, 0.6) is 0 Å². The van der Waals surface area contributed by atoms with Crippen LogP contribution in [-0.4, -0.2) is 0 Å². The van der Waals surface area contributed by atoms with Crippen LogP contribution in [0.4, 0.5) is 0 Å². The molecule has 80 heavy (non-hydrogen) atoms. The molecule has 0 nitrogen and oxygen atoms in total. The Hall–Kier alpha value is -10.4. The minimum Gasteiger partial charge on any atom is -0.0622 e. The van der Waals surface area contributed by atoms with Crippen molar-refractivity contribution in [2.45, 2.75) is 0 Å². The van der Waals surface area contributed by atoms with E-state index in [1.54, 1.807) is 0 Å². The normalized spacial score (nSPS) is 11.8. The summed E-state index contributed by atoms with van der Waals surface area (Å²) < 4.78 is 0. The molecule has 0 bridgehead atoms. The van der Waals surface area contributed by atoms with Gasteiger partial charge < -0.3 is 0 Å². The van der Waals surface area contributed by atoms with Gasteiger partial charge in [0, 0.05) is 0 Å². The van der Waals surface area contributed by atoms with E-state index in [4.69, 9.17) is 0 Å². The maximum atomic E-state index is 2.38. The smallest absolute Gasteiger partial charge is 0.00206 e. The molecule has 0 atom stereocenters. The third kappa shape index (κ3) is 7.45. The molecule has 0 spiro atoms. The van der Waals surface area contributed by atoms with Crippen LogP contribution >= 0.6 is 0 Å². The van der Waals surface area contributed by atoms with Crippen molar-refractivity contribution in [3.05, 3.63) is 303 Å². The van der Waals surface area contributed by atoms with E-state index in [2.05, 4.69) is 303 Å². The summed E-state index contributed by atoms with van der Waals surface area (Å²) >= 11 is 0. The molecule has 0 aliphatic carbocycles. The lowest BCUT2D eigenvalue weighted by atomic mass is 9.87. The van der Waals surface area contributed by atoms with E-state index in [0.29, 0.717) is 0 Å². The Bertz CT molecular complexity index is 5320.